The number of fused-ring (bicyclic) bond motifs is 1. The molecule has 3 aromatic heterocycles. The topological polar surface area (TPSA) is 97.7 Å². The van der Waals surface area contributed by atoms with Gasteiger partial charge in [0.05, 0.1) is 18.5 Å². The fraction of sp³-hybridized carbons (Fsp3) is 0.615. The van der Waals surface area contributed by atoms with Gasteiger partial charge in [0.1, 0.15) is 5.82 Å². The number of nitrogen functional groups attached to an aromatic ring is 1. The van der Waals surface area contributed by atoms with Gasteiger partial charge in [0.15, 0.2) is 11.5 Å². The van der Waals surface area contributed by atoms with Gasteiger partial charge in [-0.2, -0.15) is 4.98 Å². The quantitative estimate of drug-likeness (QED) is 0.490. The Labute approximate surface area is 207 Å². The summed E-state index contributed by atoms with van der Waals surface area (Å²) in [6.07, 6.45) is 13.0. The molecule has 2 aliphatic rings. The van der Waals surface area contributed by atoms with E-state index in [1.807, 2.05) is 12.4 Å². The smallest absolute Gasteiger partial charge is 0.336 e. The van der Waals surface area contributed by atoms with Crippen molar-refractivity contribution in [2.24, 2.45) is 0 Å². The van der Waals surface area contributed by atoms with Crippen LogP contribution < -0.4 is 15.4 Å². The van der Waals surface area contributed by atoms with Gasteiger partial charge in [-0.3, -0.25) is 0 Å². The molecule has 2 fully saturated rings. The first kappa shape index (κ1) is 23.8. The Bertz CT molecular complexity index is 1130. The third-order valence-corrected chi connectivity index (χ3v) is 7.33. The second-order valence-electron chi connectivity index (χ2n) is 9.94. The SMILES string of the molecule is CCCCOc1nc(N)c2ncc(Cc3cnc(N4CCC(N5CCCCC5)CC4)c(C)c3)n2n1. The number of pyridine rings is 1. The lowest BCUT2D eigenvalue weighted by Gasteiger charge is -2.40. The van der Waals surface area contributed by atoms with Crippen LogP contribution in [0.4, 0.5) is 11.6 Å². The van der Waals surface area contributed by atoms with Gasteiger partial charge in [-0.25, -0.2) is 14.5 Å². The molecule has 9 heteroatoms. The number of aromatic nitrogens is 5. The number of unbranched alkanes of at least 4 members (excludes halogenated alkanes) is 1. The van der Waals surface area contributed by atoms with Gasteiger partial charge in [-0.15, -0.1) is 5.10 Å². The molecule has 5 heterocycles. The van der Waals surface area contributed by atoms with Crippen LogP contribution in [0.2, 0.25) is 0 Å². The van der Waals surface area contributed by atoms with E-state index < -0.39 is 0 Å². The summed E-state index contributed by atoms with van der Waals surface area (Å²) >= 11 is 0. The van der Waals surface area contributed by atoms with Crippen molar-refractivity contribution in [3.63, 3.8) is 0 Å². The molecule has 0 aromatic carbocycles. The average Bonchev–Trinajstić information content (AvgIpc) is 3.28. The maximum Gasteiger partial charge on any atom is 0.336 e. The van der Waals surface area contributed by atoms with Crippen LogP contribution >= 0.6 is 0 Å². The van der Waals surface area contributed by atoms with Crippen molar-refractivity contribution < 1.29 is 4.74 Å². The average molecular weight is 479 g/mol. The number of anilines is 2. The predicted octanol–water partition coefficient (Wildman–Crippen LogP) is 3.63. The van der Waals surface area contributed by atoms with E-state index in [0.29, 0.717) is 30.5 Å². The number of likely N-dealkylation sites (tertiary alicyclic amines) is 1. The second-order valence-corrected chi connectivity index (χ2v) is 9.94. The number of hydrogen-bond acceptors (Lipinski definition) is 8. The van der Waals surface area contributed by atoms with Gasteiger partial charge in [0.2, 0.25) is 0 Å². The predicted molar refractivity (Wildman–Crippen MR) is 138 cm³/mol. The summed E-state index contributed by atoms with van der Waals surface area (Å²) in [5, 5.41) is 4.53. The molecule has 0 spiro atoms. The normalized spacial score (nSPS) is 17.8. The fourth-order valence-corrected chi connectivity index (χ4v) is 5.41. The van der Waals surface area contributed by atoms with E-state index in [9.17, 15) is 0 Å². The van der Waals surface area contributed by atoms with E-state index in [1.54, 1.807) is 4.52 Å². The minimum absolute atomic E-state index is 0.292. The van der Waals surface area contributed by atoms with Crippen LogP contribution in [0.15, 0.2) is 18.5 Å². The first-order chi connectivity index (χ1) is 17.1. The van der Waals surface area contributed by atoms with Crippen LogP contribution in [0, 0.1) is 6.92 Å². The molecule has 0 amide bonds. The molecule has 0 unspecified atom stereocenters. The Balaban J connectivity index is 1.26. The summed E-state index contributed by atoms with van der Waals surface area (Å²) in [4.78, 5) is 18.7. The van der Waals surface area contributed by atoms with Crippen LogP contribution in [-0.2, 0) is 6.42 Å². The van der Waals surface area contributed by atoms with Crippen molar-refractivity contribution in [2.45, 2.75) is 71.3 Å². The van der Waals surface area contributed by atoms with Crippen LogP contribution in [-0.4, -0.2) is 68.3 Å². The van der Waals surface area contributed by atoms with E-state index in [-0.39, 0.29) is 0 Å². The number of rotatable bonds is 8. The summed E-state index contributed by atoms with van der Waals surface area (Å²) in [7, 11) is 0. The molecule has 35 heavy (non-hydrogen) atoms. The number of aryl methyl sites for hydroxylation is 1. The molecule has 0 bridgehead atoms. The maximum atomic E-state index is 6.12. The lowest BCUT2D eigenvalue weighted by molar-refractivity contribution is 0.141. The minimum atomic E-state index is 0.292. The zero-order valence-electron chi connectivity index (χ0n) is 21.1. The minimum Gasteiger partial charge on any atom is -0.462 e. The molecule has 0 radical (unpaired) electrons. The lowest BCUT2D eigenvalue weighted by atomic mass is 9.99. The van der Waals surface area contributed by atoms with Crippen molar-refractivity contribution in [2.75, 3.05) is 43.4 Å². The summed E-state index contributed by atoms with van der Waals surface area (Å²) < 4.78 is 7.43. The molecule has 3 aromatic rings. The third kappa shape index (κ3) is 5.34. The van der Waals surface area contributed by atoms with Crippen molar-refractivity contribution in [1.82, 2.24) is 29.5 Å². The van der Waals surface area contributed by atoms with Gasteiger partial charge in [-0.1, -0.05) is 25.8 Å². The molecular weight excluding hydrogens is 440 g/mol. The van der Waals surface area contributed by atoms with Crippen molar-refractivity contribution >= 4 is 17.3 Å². The zero-order valence-corrected chi connectivity index (χ0v) is 21.1. The van der Waals surface area contributed by atoms with Gasteiger partial charge in [-0.05, 0) is 63.2 Å². The fourth-order valence-electron chi connectivity index (χ4n) is 5.41. The number of nitrogens with zero attached hydrogens (tertiary/aromatic N) is 7. The third-order valence-electron chi connectivity index (χ3n) is 7.33. The Morgan fingerprint density at radius 2 is 1.86 bits per heavy atom. The van der Waals surface area contributed by atoms with Gasteiger partial charge in [0, 0.05) is 31.7 Å². The number of hydrogen-bond donors (Lipinski definition) is 1. The lowest BCUT2D eigenvalue weighted by Crippen LogP contribution is -2.47. The van der Waals surface area contributed by atoms with E-state index in [1.165, 1.54) is 50.8 Å². The van der Waals surface area contributed by atoms with Crippen LogP contribution in [0.3, 0.4) is 0 Å². The molecule has 0 aliphatic carbocycles. The summed E-state index contributed by atoms with van der Waals surface area (Å²) in [5.41, 5.74) is 9.95. The monoisotopic (exact) mass is 478 g/mol. The second kappa shape index (κ2) is 10.8. The summed E-state index contributed by atoms with van der Waals surface area (Å²) in [5.74, 6) is 1.44. The Morgan fingerprint density at radius 3 is 2.60 bits per heavy atom. The molecule has 9 nitrogen and oxygen atoms in total. The van der Waals surface area contributed by atoms with Crippen LogP contribution in [0.25, 0.3) is 5.65 Å². The highest BCUT2D eigenvalue weighted by atomic mass is 16.5. The standard InChI is InChI=1S/C26H38N8O/c1-3-4-14-35-26-30-23(27)25-29-18-22(34(25)31-26)16-20-15-19(2)24(28-17-20)33-12-8-21(9-13-33)32-10-6-5-7-11-32/h15,17-18,21H,3-14,16H2,1-2H3,(H2,27,30,31). The first-order valence-electron chi connectivity index (χ1n) is 13.2. The van der Waals surface area contributed by atoms with E-state index in [4.69, 9.17) is 15.5 Å². The highest BCUT2D eigenvalue weighted by Gasteiger charge is 2.26. The molecule has 2 N–H and O–H groups in total. The van der Waals surface area contributed by atoms with Gasteiger partial charge < -0.3 is 20.3 Å². The molecule has 0 atom stereocenters. The molecular formula is C26H38N8O. The number of nitrogens with two attached hydrogens (primary N) is 1. The van der Waals surface area contributed by atoms with E-state index in [0.717, 1.165) is 49.0 Å². The summed E-state index contributed by atoms with van der Waals surface area (Å²) in [6.45, 7) is 9.58. The Morgan fingerprint density at radius 1 is 1.06 bits per heavy atom. The highest BCUT2D eigenvalue weighted by molar-refractivity contribution is 5.60. The van der Waals surface area contributed by atoms with E-state index in [2.05, 4.69) is 44.8 Å². The van der Waals surface area contributed by atoms with Crippen molar-refractivity contribution in [3.05, 3.63) is 35.3 Å². The van der Waals surface area contributed by atoms with Crippen molar-refractivity contribution in [3.8, 4) is 6.01 Å². The zero-order chi connectivity index (χ0) is 24.2. The first-order valence-corrected chi connectivity index (χ1v) is 13.2. The van der Waals surface area contributed by atoms with Gasteiger partial charge >= 0.3 is 6.01 Å². The molecule has 0 saturated carbocycles. The van der Waals surface area contributed by atoms with Crippen LogP contribution in [0.5, 0.6) is 6.01 Å². The highest BCUT2D eigenvalue weighted by Crippen LogP contribution is 2.26. The van der Waals surface area contributed by atoms with Crippen LogP contribution in [0.1, 0.15) is 68.7 Å². The number of piperidine rings is 2. The largest absolute Gasteiger partial charge is 0.462 e. The molecule has 188 valence electrons. The maximum absolute atomic E-state index is 6.12. The Hall–Kier alpha value is -2.94. The molecule has 2 aliphatic heterocycles. The van der Waals surface area contributed by atoms with E-state index >= 15 is 0 Å². The Kier molecular flexibility index (Phi) is 7.32. The molecule has 5 rings (SSSR count). The van der Waals surface area contributed by atoms with Crippen molar-refractivity contribution in [1.29, 1.82) is 0 Å². The molecule has 2 saturated heterocycles. The summed E-state index contributed by atoms with van der Waals surface area (Å²) in [6, 6.07) is 3.27. The van der Waals surface area contributed by atoms with Gasteiger partial charge in [0.25, 0.3) is 0 Å². The number of ether oxygens (including phenoxy) is 1. The number of imidazole rings is 1.